The summed E-state index contributed by atoms with van der Waals surface area (Å²) in [5.74, 6) is -1.86. The Balaban J connectivity index is 2.77. The van der Waals surface area contributed by atoms with Crippen molar-refractivity contribution in [3.8, 4) is 5.75 Å². The smallest absolute Gasteiger partial charge is 0.193 e. The van der Waals surface area contributed by atoms with Crippen LogP contribution in [0.5, 0.6) is 5.75 Å². The van der Waals surface area contributed by atoms with Crippen LogP contribution >= 0.6 is 0 Å². The Hall–Kier alpha value is -1.20. The quantitative estimate of drug-likeness (QED) is 0.604. The molecule has 0 bridgehead atoms. The molecule has 0 amide bonds. The van der Waals surface area contributed by atoms with Gasteiger partial charge in [-0.2, -0.15) is 0 Å². The molecule has 102 valence electrons. The molecule has 3 nitrogen and oxygen atoms in total. The summed E-state index contributed by atoms with van der Waals surface area (Å²) >= 11 is 0. The average Bonchev–Trinajstić information content (AvgIpc) is 2.32. The molecule has 18 heavy (non-hydrogen) atoms. The van der Waals surface area contributed by atoms with E-state index >= 15 is 0 Å². The maximum Gasteiger partial charge on any atom is 0.193 e. The summed E-state index contributed by atoms with van der Waals surface area (Å²) in [6.07, 6.45) is 1.20. The predicted octanol–water partition coefficient (Wildman–Crippen LogP) is 2.62. The topological polar surface area (TPSA) is 44.5 Å². The second kappa shape index (κ2) is 7.28. The van der Waals surface area contributed by atoms with Crippen molar-refractivity contribution in [2.75, 3.05) is 13.4 Å². The van der Waals surface area contributed by atoms with Gasteiger partial charge in [-0.15, -0.1) is 0 Å². The first kappa shape index (κ1) is 14.9. The van der Waals surface area contributed by atoms with E-state index in [-0.39, 0.29) is 12.8 Å². The largest absolute Gasteiger partial charge is 0.461 e. The minimum Gasteiger partial charge on any atom is -0.461 e. The van der Waals surface area contributed by atoms with Gasteiger partial charge in [0.15, 0.2) is 24.2 Å². The van der Waals surface area contributed by atoms with Gasteiger partial charge < -0.3 is 15.2 Å². The molecule has 0 saturated carbocycles. The maximum atomic E-state index is 13.6. The van der Waals surface area contributed by atoms with Crippen LogP contribution in [0.1, 0.15) is 25.8 Å². The molecular weight excluding hydrogens is 240 g/mol. The van der Waals surface area contributed by atoms with Gasteiger partial charge >= 0.3 is 0 Å². The van der Waals surface area contributed by atoms with Crippen LogP contribution in [0.15, 0.2) is 12.1 Å². The van der Waals surface area contributed by atoms with E-state index in [2.05, 4.69) is 0 Å². The molecule has 1 aromatic rings. The summed E-state index contributed by atoms with van der Waals surface area (Å²) in [7, 11) is 0. The van der Waals surface area contributed by atoms with Crippen LogP contribution in [-0.2, 0) is 11.2 Å². The zero-order valence-corrected chi connectivity index (χ0v) is 10.7. The monoisotopic (exact) mass is 259 g/mol. The maximum absolute atomic E-state index is 13.6. The third-order valence-corrected chi connectivity index (χ3v) is 2.57. The fourth-order valence-corrected chi connectivity index (χ4v) is 1.50. The summed E-state index contributed by atoms with van der Waals surface area (Å²) in [5.41, 5.74) is 6.28. The first-order valence-corrected chi connectivity index (χ1v) is 6.02. The summed E-state index contributed by atoms with van der Waals surface area (Å²) in [5, 5.41) is 0. The predicted molar refractivity (Wildman–Crippen MR) is 65.4 cm³/mol. The van der Waals surface area contributed by atoms with Gasteiger partial charge in [0, 0.05) is 12.6 Å². The molecule has 0 aliphatic heterocycles. The molecule has 0 spiro atoms. The highest BCUT2D eigenvalue weighted by atomic mass is 19.1. The van der Waals surface area contributed by atoms with E-state index in [4.69, 9.17) is 15.2 Å². The van der Waals surface area contributed by atoms with Crippen molar-refractivity contribution in [1.29, 1.82) is 0 Å². The molecule has 0 radical (unpaired) electrons. The summed E-state index contributed by atoms with van der Waals surface area (Å²) in [6.45, 7) is 3.95. The third kappa shape index (κ3) is 4.23. The molecule has 1 rings (SSSR count). The number of halogens is 2. The van der Waals surface area contributed by atoms with E-state index in [0.717, 1.165) is 6.42 Å². The lowest BCUT2D eigenvalue weighted by atomic mass is 10.0. The highest BCUT2D eigenvalue weighted by Gasteiger charge is 2.13. The Morgan fingerprint density at radius 2 is 1.83 bits per heavy atom. The van der Waals surface area contributed by atoms with Gasteiger partial charge in [-0.3, -0.25) is 0 Å². The Bertz CT molecular complexity index is 362. The van der Waals surface area contributed by atoms with Gasteiger partial charge in [0.2, 0.25) is 0 Å². The Morgan fingerprint density at radius 3 is 2.33 bits per heavy atom. The van der Waals surface area contributed by atoms with Crippen molar-refractivity contribution in [2.45, 2.75) is 32.7 Å². The van der Waals surface area contributed by atoms with Gasteiger partial charge in [-0.05, 0) is 37.5 Å². The minimum absolute atomic E-state index is 0.0982. The van der Waals surface area contributed by atoms with E-state index in [1.807, 2.05) is 6.92 Å². The number of nitrogens with two attached hydrogens (primary N) is 1. The van der Waals surface area contributed by atoms with Crippen molar-refractivity contribution >= 4 is 0 Å². The number of ether oxygens (including phenoxy) is 2. The zero-order valence-electron chi connectivity index (χ0n) is 10.7. The summed E-state index contributed by atoms with van der Waals surface area (Å²) < 4.78 is 37.0. The number of benzene rings is 1. The van der Waals surface area contributed by atoms with E-state index in [0.29, 0.717) is 18.6 Å². The van der Waals surface area contributed by atoms with E-state index in [9.17, 15) is 8.78 Å². The van der Waals surface area contributed by atoms with Crippen molar-refractivity contribution in [2.24, 2.45) is 5.73 Å². The molecule has 5 heteroatoms. The normalized spacial score (nSPS) is 12.5. The lowest BCUT2D eigenvalue weighted by molar-refractivity contribution is 0.0176. The Labute approximate surface area is 106 Å². The molecule has 0 aromatic heterocycles. The summed E-state index contributed by atoms with van der Waals surface area (Å²) in [6, 6.07) is 2.40. The SMILES string of the molecule is CCOCOc1c(F)cc(CC(N)CC)cc1F. The van der Waals surface area contributed by atoms with Crippen LogP contribution in [0, 0.1) is 11.6 Å². The first-order valence-electron chi connectivity index (χ1n) is 6.02. The van der Waals surface area contributed by atoms with Crippen molar-refractivity contribution in [3.05, 3.63) is 29.3 Å². The molecule has 0 aliphatic rings. The van der Waals surface area contributed by atoms with Crippen LogP contribution in [-0.4, -0.2) is 19.4 Å². The molecule has 0 heterocycles. The van der Waals surface area contributed by atoms with E-state index in [1.165, 1.54) is 12.1 Å². The van der Waals surface area contributed by atoms with Crippen LogP contribution < -0.4 is 10.5 Å². The van der Waals surface area contributed by atoms with Crippen molar-refractivity contribution in [1.82, 2.24) is 0 Å². The van der Waals surface area contributed by atoms with Gasteiger partial charge in [-0.25, -0.2) is 8.78 Å². The molecule has 0 fully saturated rings. The molecule has 1 atom stereocenters. The van der Waals surface area contributed by atoms with Crippen LogP contribution in [0.4, 0.5) is 8.78 Å². The number of hydrogen-bond donors (Lipinski definition) is 1. The van der Waals surface area contributed by atoms with Gasteiger partial charge in [-0.1, -0.05) is 6.92 Å². The standard InChI is InChI=1S/C13H19F2NO2/c1-3-10(16)5-9-6-11(14)13(12(15)7-9)18-8-17-4-2/h6-7,10H,3-5,8,16H2,1-2H3. The molecular formula is C13H19F2NO2. The van der Waals surface area contributed by atoms with Gasteiger partial charge in [0.25, 0.3) is 0 Å². The number of rotatable bonds is 7. The average molecular weight is 259 g/mol. The van der Waals surface area contributed by atoms with Crippen molar-refractivity contribution in [3.63, 3.8) is 0 Å². The van der Waals surface area contributed by atoms with E-state index < -0.39 is 17.4 Å². The second-order valence-electron chi connectivity index (χ2n) is 4.02. The molecule has 2 N–H and O–H groups in total. The van der Waals surface area contributed by atoms with Crippen LogP contribution in [0.25, 0.3) is 0 Å². The fraction of sp³-hybridized carbons (Fsp3) is 0.538. The lowest BCUT2D eigenvalue weighted by Gasteiger charge is -2.12. The Morgan fingerprint density at radius 1 is 1.22 bits per heavy atom. The fourth-order valence-electron chi connectivity index (χ4n) is 1.50. The van der Waals surface area contributed by atoms with Gasteiger partial charge in [0.1, 0.15) is 0 Å². The highest BCUT2D eigenvalue weighted by Crippen LogP contribution is 2.24. The molecule has 0 aliphatic carbocycles. The van der Waals surface area contributed by atoms with Crippen molar-refractivity contribution < 1.29 is 18.3 Å². The minimum atomic E-state index is -0.729. The lowest BCUT2D eigenvalue weighted by Crippen LogP contribution is -2.21. The Kier molecular flexibility index (Phi) is 6.01. The van der Waals surface area contributed by atoms with E-state index in [1.54, 1.807) is 6.92 Å². The summed E-state index contributed by atoms with van der Waals surface area (Å²) in [4.78, 5) is 0. The third-order valence-electron chi connectivity index (χ3n) is 2.57. The first-order chi connectivity index (χ1) is 8.58. The van der Waals surface area contributed by atoms with Crippen LogP contribution in [0.3, 0.4) is 0 Å². The van der Waals surface area contributed by atoms with Crippen LogP contribution in [0.2, 0.25) is 0 Å². The van der Waals surface area contributed by atoms with Gasteiger partial charge in [0.05, 0.1) is 0 Å². The second-order valence-corrected chi connectivity index (χ2v) is 4.02. The highest BCUT2D eigenvalue weighted by molar-refractivity contribution is 5.31. The zero-order chi connectivity index (χ0) is 13.5. The molecule has 1 unspecified atom stereocenters. The number of hydrogen-bond acceptors (Lipinski definition) is 3. The molecule has 0 saturated heterocycles. The molecule has 1 aromatic carbocycles.